The van der Waals surface area contributed by atoms with Crippen LogP contribution in [0.25, 0.3) is 0 Å². The van der Waals surface area contributed by atoms with E-state index in [1.54, 1.807) is 0 Å². The molecule has 0 bridgehead atoms. The van der Waals surface area contributed by atoms with Crippen molar-refractivity contribution in [3.8, 4) is 0 Å². The van der Waals surface area contributed by atoms with Gasteiger partial charge in [-0.25, -0.2) is 0 Å². The zero-order chi connectivity index (χ0) is 9.40. The van der Waals surface area contributed by atoms with Gasteiger partial charge in [0.1, 0.15) is 0 Å². The number of unbranched alkanes of at least 4 members (excludes halogenated alkanes) is 4. The van der Waals surface area contributed by atoms with Crippen molar-refractivity contribution < 1.29 is 39.5 Å². The average molecular weight is 195 g/mol. The molecule has 0 heterocycles. The van der Waals surface area contributed by atoms with Gasteiger partial charge < -0.3 is 15.6 Å². The topological polar surface area (TPSA) is 66.2 Å². The molecule has 0 fully saturated rings. The van der Waals surface area contributed by atoms with E-state index in [1.807, 2.05) is 0 Å². The van der Waals surface area contributed by atoms with E-state index in [1.165, 1.54) is 19.3 Å². The van der Waals surface area contributed by atoms with Gasteiger partial charge in [0.2, 0.25) is 0 Å². The number of nitrogens with two attached hydrogens (primary N) is 1. The van der Waals surface area contributed by atoms with Gasteiger partial charge in [-0.05, 0) is 6.42 Å². The van der Waals surface area contributed by atoms with Crippen LogP contribution in [-0.4, -0.2) is 12.0 Å². The number of hydrogen-bond donors (Lipinski definition) is 1. The number of carbonyl (C=O) groups excluding carboxylic acids is 1. The summed E-state index contributed by atoms with van der Waals surface area (Å²) in [6.07, 6.45) is 6.12. The van der Waals surface area contributed by atoms with Gasteiger partial charge in [0.25, 0.3) is 0 Å². The molecule has 0 aromatic heterocycles. The van der Waals surface area contributed by atoms with Crippen LogP contribution in [0.5, 0.6) is 0 Å². The smallest absolute Gasteiger partial charge is 0.548 e. The molecule has 72 valence electrons. The van der Waals surface area contributed by atoms with Gasteiger partial charge in [-0.1, -0.05) is 39.0 Å². The molecule has 0 saturated carbocycles. The molecule has 1 atom stereocenters. The van der Waals surface area contributed by atoms with Crippen molar-refractivity contribution in [2.24, 2.45) is 5.73 Å². The second-order valence-electron chi connectivity index (χ2n) is 3.13. The summed E-state index contributed by atoms with van der Waals surface area (Å²) in [6.45, 7) is 2.15. The second kappa shape index (κ2) is 10.5. The van der Waals surface area contributed by atoms with Crippen molar-refractivity contribution in [2.75, 3.05) is 0 Å². The zero-order valence-electron chi connectivity index (χ0n) is 8.71. The van der Waals surface area contributed by atoms with Crippen molar-refractivity contribution in [2.45, 2.75) is 51.5 Å². The standard InChI is InChI=1S/C9H19NO2.Na/c1-2-3-4-5-6-7-8(10)9(11)12;/h8H,2-7,10H2,1H3,(H,11,12);/q;+1/p-1. The normalized spacial score (nSPS) is 11.8. The Labute approximate surface area is 102 Å². The van der Waals surface area contributed by atoms with E-state index in [0.29, 0.717) is 6.42 Å². The van der Waals surface area contributed by atoms with E-state index in [2.05, 4.69) is 6.92 Å². The molecule has 0 aliphatic carbocycles. The first-order valence-electron chi connectivity index (χ1n) is 4.65. The quantitative estimate of drug-likeness (QED) is 0.358. The first-order chi connectivity index (χ1) is 5.68. The predicted octanol–water partition coefficient (Wildman–Crippen LogP) is -2.57. The second-order valence-corrected chi connectivity index (χ2v) is 3.13. The predicted molar refractivity (Wildman–Crippen MR) is 46.4 cm³/mol. The fourth-order valence-corrected chi connectivity index (χ4v) is 1.09. The van der Waals surface area contributed by atoms with Crippen molar-refractivity contribution in [3.05, 3.63) is 0 Å². The van der Waals surface area contributed by atoms with Crippen LogP contribution in [0.1, 0.15) is 45.4 Å². The summed E-state index contributed by atoms with van der Waals surface area (Å²) in [5.41, 5.74) is 5.27. The molecule has 0 rings (SSSR count). The van der Waals surface area contributed by atoms with Crippen LogP contribution in [0.2, 0.25) is 0 Å². The van der Waals surface area contributed by atoms with Crippen molar-refractivity contribution in [3.63, 3.8) is 0 Å². The number of carboxylic acid groups (broad SMARTS) is 1. The molecule has 0 radical (unpaired) electrons. The van der Waals surface area contributed by atoms with Gasteiger partial charge in [0.15, 0.2) is 0 Å². The van der Waals surface area contributed by atoms with E-state index in [-0.39, 0.29) is 29.6 Å². The van der Waals surface area contributed by atoms with Gasteiger partial charge in [-0.2, -0.15) is 0 Å². The first kappa shape index (κ1) is 15.9. The molecule has 1 unspecified atom stereocenters. The minimum Gasteiger partial charge on any atom is -0.548 e. The Balaban J connectivity index is 0. The summed E-state index contributed by atoms with van der Waals surface area (Å²) in [4.78, 5) is 10.2. The minimum atomic E-state index is -1.13. The molecule has 0 aromatic rings. The monoisotopic (exact) mass is 195 g/mol. The molecule has 0 amide bonds. The van der Waals surface area contributed by atoms with Crippen LogP contribution in [-0.2, 0) is 4.79 Å². The summed E-state index contributed by atoms with van der Waals surface area (Å²) >= 11 is 0. The van der Waals surface area contributed by atoms with E-state index in [0.717, 1.165) is 12.8 Å². The Morgan fingerprint density at radius 3 is 2.31 bits per heavy atom. The third-order valence-electron chi connectivity index (χ3n) is 1.92. The number of aliphatic carboxylic acids is 1. The van der Waals surface area contributed by atoms with Crippen molar-refractivity contribution in [1.29, 1.82) is 0 Å². The number of hydrogen-bond acceptors (Lipinski definition) is 3. The Morgan fingerprint density at radius 1 is 1.31 bits per heavy atom. The summed E-state index contributed by atoms with van der Waals surface area (Å²) in [6, 6.07) is -0.772. The van der Waals surface area contributed by atoms with Crippen LogP contribution in [0.3, 0.4) is 0 Å². The summed E-state index contributed by atoms with van der Waals surface area (Å²) in [5, 5.41) is 10.2. The van der Waals surface area contributed by atoms with Gasteiger partial charge in [-0.3, -0.25) is 0 Å². The number of rotatable bonds is 7. The molecule has 0 spiro atoms. The summed E-state index contributed by atoms with van der Waals surface area (Å²) in [5.74, 6) is -1.13. The summed E-state index contributed by atoms with van der Waals surface area (Å²) < 4.78 is 0. The Kier molecular flexibility index (Phi) is 12.8. The van der Waals surface area contributed by atoms with Gasteiger partial charge in [0.05, 0.1) is 5.97 Å². The van der Waals surface area contributed by atoms with E-state index in [4.69, 9.17) is 5.73 Å². The fourth-order valence-electron chi connectivity index (χ4n) is 1.09. The van der Waals surface area contributed by atoms with Gasteiger partial charge >= 0.3 is 29.6 Å². The summed E-state index contributed by atoms with van der Waals surface area (Å²) in [7, 11) is 0. The number of carboxylic acids is 1. The van der Waals surface area contributed by atoms with Gasteiger partial charge in [-0.15, -0.1) is 0 Å². The van der Waals surface area contributed by atoms with Crippen LogP contribution in [0, 0.1) is 0 Å². The third kappa shape index (κ3) is 10.4. The maximum absolute atomic E-state index is 10.2. The molecule has 3 nitrogen and oxygen atoms in total. The Morgan fingerprint density at radius 2 is 1.85 bits per heavy atom. The molecule has 13 heavy (non-hydrogen) atoms. The van der Waals surface area contributed by atoms with Crippen molar-refractivity contribution in [1.82, 2.24) is 0 Å². The average Bonchev–Trinajstić information content (AvgIpc) is 2.03. The maximum atomic E-state index is 10.2. The SMILES string of the molecule is CCCCCCCC(N)C(=O)[O-].[Na+]. The Bertz CT molecular complexity index is 131. The molecular weight excluding hydrogens is 177 g/mol. The molecule has 2 N–H and O–H groups in total. The molecule has 0 saturated heterocycles. The molecule has 0 aromatic carbocycles. The van der Waals surface area contributed by atoms with E-state index >= 15 is 0 Å². The fraction of sp³-hybridized carbons (Fsp3) is 0.889. The Hall–Kier alpha value is 0.430. The number of carbonyl (C=O) groups is 1. The molecule has 0 aliphatic heterocycles. The maximum Gasteiger partial charge on any atom is 1.00 e. The molecule has 0 aliphatic rings. The third-order valence-corrected chi connectivity index (χ3v) is 1.92. The minimum absolute atomic E-state index is 0. The molecule has 4 heteroatoms. The van der Waals surface area contributed by atoms with Crippen LogP contribution in [0.15, 0.2) is 0 Å². The largest absolute Gasteiger partial charge is 1.00 e. The van der Waals surface area contributed by atoms with Crippen LogP contribution < -0.4 is 40.4 Å². The molecular formula is C9H18NNaO2. The van der Waals surface area contributed by atoms with E-state index < -0.39 is 12.0 Å². The van der Waals surface area contributed by atoms with Gasteiger partial charge in [0, 0.05) is 6.04 Å². The van der Waals surface area contributed by atoms with E-state index in [9.17, 15) is 9.90 Å². The first-order valence-corrected chi connectivity index (χ1v) is 4.65. The van der Waals surface area contributed by atoms with Crippen molar-refractivity contribution >= 4 is 5.97 Å². The zero-order valence-corrected chi connectivity index (χ0v) is 10.7. The van der Waals surface area contributed by atoms with Crippen LogP contribution >= 0.6 is 0 Å². The van der Waals surface area contributed by atoms with Crippen LogP contribution in [0.4, 0.5) is 0 Å².